The van der Waals surface area contributed by atoms with Gasteiger partial charge < -0.3 is 0 Å². The molecule has 0 aromatic heterocycles. The average molecular weight is 306 g/mol. The third-order valence-electron chi connectivity index (χ3n) is 1.38. The van der Waals surface area contributed by atoms with Gasteiger partial charge in [-0.25, -0.2) is 0 Å². The molecule has 0 N–H and O–H groups in total. The molecule has 0 fully saturated rings. The fourth-order valence-electron chi connectivity index (χ4n) is 0.791. The zero-order chi connectivity index (χ0) is 10.0. The summed E-state index contributed by atoms with van der Waals surface area (Å²) in [4.78, 5) is 10.4. The third-order valence-corrected chi connectivity index (χ3v) is 3.07. The van der Waals surface area contributed by atoms with Crippen LogP contribution in [0.15, 0.2) is 17.0 Å². The summed E-state index contributed by atoms with van der Waals surface area (Å²) in [5.41, 5.74) is -0.139. The normalized spacial score (nSPS) is 9.31. The number of hydrogen-bond donors (Lipinski definition) is 1. The van der Waals surface area contributed by atoms with E-state index in [1.807, 2.05) is 22.6 Å². The number of thiol groups is 1. The van der Waals surface area contributed by atoms with Gasteiger partial charge in [0.25, 0.3) is 5.69 Å². The number of nitro benzene ring substituents is 1. The minimum Gasteiger partial charge on any atom is -0.258 e. The number of nitriles is 1. The van der Waals surface area contributed by atoms with Crippen LogP contribution in [-0.4, -0.2) is 4.92 Å². The van der Waals surface area contributed by atoms with Gasteiger partial charge in [-0.3, -0.25) is 10.1 Å². The minimum atomic E-state index is -0.589. The zero-order valence-electron chi connectivity index (χ0n) is 6.19. The first-order chi connectivity index (χ1) is 6.06. The second-order valence-electron chi connectivity index (χ2n) is 2.19. The van der Waals surface area contributed by atoms with Crippen molar-refractivity contribution in [3.63, 3.8) is 0 Å². The first kappa shape index (κ1) is 10.3. The van der Waals surface area contributed by atoms with E-state index in [9.17, 15) is 10.1 Å². The summed E-state index contributed by atoms with van der Waals surface area (Å²) < 4.78 is 0.725. The smallest absolute Gasteiger partial charge is 0.258 e. The van der Waals surface area contributed by atoms with Crippen LogP contribution >= 0.6 is 35.2 Å². The van der Waals surface area contributed by atoms with Crippen molar-refractivity contribution in [1.82, 2.24) is 0 Å². The second-order valence-corrected chi connectivity index (χ2v) is 3.83. The summed E-state index contributed by atoms with van der Waals surface area (Å²) in [5, 5.41) is 19.1. The predicted molar refractivity (Wildman–Crippen MR) is 57.8 cm³/mol. The molecule has 0 heterocycles. The molecule has 0 atom stereocenters. The molecule has 0 aliphatic rings. The minimum absolute atomic E-state index is 0.0622. The number of hydrogen-bond acceptors (Lipinski definition) is 4. The predicted octanol–water partition coefficient (Wildman–Crippen LogP) is 2.36. The number of benzene rings is 1. The van der Waals surface area contributed by atoms with E-state index < -0.39 is 4.92 Å². The van der Waals surface area contributed by atoms with Crippen molar-refractivity contribution in [3.05, 3.63) is 31.4 Å². The van der Waals surface area contributed by atoms with Crippen LogP contribution in [0.4, 0.5) is 5.69 Å². The van der Waals surface area contributed by atoms with Crippen LogP contribution in [0.25, 0.3) is 0 Å². The van der Waals surface area contributed by atoms with E-state index in [4.69, 9.17) is 5.26 Å². The molecule has 0 unspecified atom stereocenters. The third kappa shape index (κ3) is 2.10. The van der Waals surface area contributed by atoms with Gasteiger partial charge in [0.05, 0.1) is 4.92 Å². The summed E-state index contributed by atoms with van der Waals surface area (Å²) >= 11 is 5.99. The molecule has 1 rings (SSSR count). The average Bonchev–Trinajstić information content (AvgIpc) is 2.08. The van der Waals surface area contributed by atoms with Gasteiger partial charge in [-0.15, -0.1) is 12.6 Å². The van der Waals surface area contributed by atoms with Crippen LogP contribution in [0.1, 0.15) is 5.56 Å². The highest BCUT2D eigenvalue weighted by molar-refractivity contribution is 14.1. The Morgan fingerprint density at radius 1 is 1.62 bits per heavy atom. The number of nitro groups is 1. The van der Waals surface area contributed by atoms with Gasteiger partial charge in [0.15, 0.2) is 0 Å². The van der Waals surface area contributed by atoms with E-state index in [1.165, 1.54) is 12.1 Å². The summed E-state index contributed by atoms with van der Waals surface area (Å²) in [6.45, 7) is 0. The lowest BCUT2D eigenvalue weighted by Crippen LogP contribution is -1.93. The Labute approximate surface area is 93.3 Å². The van der Waals surface area contributed by atoms with Crippen molar-refractivity contribution in [3.8, 4) is 6.07 Å². The maximum Gasteiger partial charge on any atom is 0.288 e. The van der Waals surface area contributed by atoms with E-state index >= 15 is 0 Å². The SMILES string of the molecule is N#Cc1cc(I)c(S)cc1[N+](=O)[O-]. The second kappa shape index (κ2) is 3.93. The van der Waals surface area contributed by atoms with Crippen molar-refractivity contribution >= 4 is 40.9 Å². The zero-order valence-corrected chi connectivity index (χ0v) is 9.24. The van der Waals surface area contributed by atoms with Gasteiger partial charge in [0.1, 0.15) is 11.6 Å². The highest BCUT2D eigenvalue weighted by Gasteiger charge is 2.15. The lowest BCUT2D eigenvalue weighted by Gasteiger charge is -1.98. The van der Waals surface area contributed by atoms with E-state index in [0.717, 1.165) is 3.57 Å². The summed E-state index contributed by atoms with van der Waals surface area (Å²) in [7, 11) is 0. The first-order valence-electron chi connectivity index (χ1n) is 3.13. The van der Waals surface area contributed by atoms with Crippen LogP contribution < -0.4 is 0 Å². The molecule has 4 nitrogen and oxygen atoms in total. The Bertz CT molecular complexity index is 414. The summed E-state index contributed by atoms with van der Waals surface area (Å²) in [6.07, 6.45) is 0. The molecule has 0 saturated carbocycles. The molecule has 13 heavy (non-hydrogen) atoms. The van der Waals surface area contributed by atoms with E-state index in [1.54, 1.807) is 6.07 Å². The molecule has 0 saturated heterocycles. The number of nitrogens with zero attached hydrogens (tertiary/aromatic N) is 2. The van der Waals surface area contributed by atoms with Crippen LogP contribution in [0, 0.1) is 25.0 Å². The Balaban J connectivity index is 3.44. The molecule has 0 radical (unpaired) electrons. The van der Waals surface area contributed by atoms with E-state index in [-0.39, 0.29) is 11.3 Å². The molecule has 66 valence electrons. The Morgan fingerprint density at radius 2 is 2.23 bits per heavy atom. The van der Waals surface area contributed by atoms with Crippen LogP contribution in [-0.2, 0) is 0 Å². The maximum absolute atomic E-state index is 10.5. The molecule has 1 aromatic rings. The van der Waals surface area contributed by atoms with Crippen molar-refractivity contribution in [2.24, 2.45) is 0 Å². The van der Waals surface area contributed by atoms with Crippen LogP contribution in [0.3, 0.4) is 0 Å². The maximum atomic E-state index is 10.5. The van der Waals surface area contributed by atoms with Gasteiger partial charge in [0, 0.05) is 14.5 Å². The Morgan fingerprint density at radius 3 is 2.69 bits per heavy atom. The standard InChI is InChI=1S/C7H3IN2O2S/c8-5-1-4(3-9)6(10(11)12)2-7(5)13/h1-2,13H. The molecule has 0 spiro atoms. The van der Waals surface area contributed by atoms with Crippen molar-refractivity contribution in [2.75, 3.05) is 0 Å². The number of rotatable bonds is 1. The first-order valence-corrected chi connectivity index (χ1v) is 4.66. The Hall–Kier alpha value is -0.810. The van der Waals surface area contributed by atoms with Gasteiger partial charge in [0.2, 0.25) is 0 Å². The molecule has 0 aliphatic carbocycles. The quantitative estimate of drug-likeness (QED) is 0.375. The molecule has 6 heteroatoms. The monoisotopic (exact) mass is 306 g/mol. The lowest BCUT2D eigenvalue weighted by atomic mass is 10.2. The van der Waals surface area contributed by atoms with Gasteiger partial charge >= 0.3 is 0 Å². The fourth-order valence-corrected chi connectivity index (χ4v) is 1.45. The van der Waals surface area contributed by atoms with Gasteiger partial charge in [-0.2, -0.15) is 5.26 Å². The molecule has 0 bridgehead atoms. The Kier molecular flexibility index (Phi) is 3.11. The van der Waals surface area contributed by atoms with E-state index in [2.05, 4.69) is 12.6 Å². The summed E-state index contributed by atoms with van der Waals surface area (Å²) in [5.74, 6) is 0. The molecular weight excluding hydrogens is 303 g/mol. The van der Waals surface area contributed by atoms with Crippen molar-refractivity contribution in [2.45, 2.75) is 4.90 Å². The molecule has 0 amide bonds. The van der Waals surface area contributed by atoms with Gasteiger partial charge in [-0.1, -0.05) is 0 Å². The number of halogens is 1. The highest BCUT2D eigenvalue weighted by atomic mass is 127. The largest absolute Gasteiger partial charge is 0.288 e. The van der Waals surface area contributed by atoms with Gasteiger partial charge in [-0.05, 0) is 28.7 Å². The van der Waals surface area contributed by atoms with Crippen molar-refractivity contribution < 1.29 is 4.92 Å². The lowest BCUT2D eigenvalue weighted by molar-refractivity contribution is -0.385. The van der Waals surface area contributed by atoms with Crippen molar-refractivity contribution in [1.29, 1.82) is 5.26 Å². The topological polar surface area (TPSA) is 66.9 Å². The molecule has 0 aliphatic heterocycles. The summed E-state index contributed by atoms with van der Waals surface area (Å²) in [6, 6.07) is 4.49. The molecular formula is C7H3IN2O2S. The fraction of sp³-hybridized carbons (Fsp3) is 0. The van der Waals surface area contributed by atoms with Crippen LogP contribution in [0.2, 0.25) is 0 Å². The molecule has 1 aromatic carbocycles. The van der Waals surface area contributed by atoms with E-state index in [0.29, 0.717) is 4.90 Å². The highest BCUT2D eigenvalue weighted by Crippen LogP contribution is 2.26. The van der Waals surface area contributed by atoms with Crippen LogP contribution in [0.5, 0.6) is 0 Å².